The van der Waals surface area contributed by atoms with Gasteiger partial charge in [-0.15, -0.1) is 0 Å². The molecule has 0 fully saturated rings. The summed E-state index contributed by atoms with van der Waals surface area (Å²) in [4.78, 5) is 14.4. The average molecular weight is 236 g/mol. The van der Waals surface area contributed by atoms with E-state index in [0.29, 0.717) is 28.0 Å². The van der Waals surface area contributed by atoms with Gasteiger partial charge in [-0.3, -0.25) is 9.78 Å². The molecular formula is C12H7ClFNO. The van der Waals surface area contributed by atoms with E-state index in [0.717, 1.165) is 0 Å². The maximum atomic E-state index is 13.6. The Bertz CT molecular complexity index is 542. The second-order valence-corrected chi connectivity index (χ2v) is 3.69. The lowest BCUT2D eigenvalue weighted by atomic mass is 10.1. The number of carbonyl (C=O) groups excluding carboxylic acids is 1. The third kappa shape index (κ3) is 2.09. The number of aromatic nitrogens is 1. The molecule has 2 rings (SSSR count). The Hall–Kier alpha value is -1.74. The summed E-state index contributed by atoms with van der Waals surface area (Å²) in [6, 6.07) is 5.95. The monoisotopic (exact) mass is 235 g/mol. The molecular weight excluding hydrogens is 229 g/mol. The first-order valence-electron chi connectivity index (χ1n) is 4.56. The molecule has 0 aliphatic carbocycles. The van der Waals surface area contributed by atoms with E-state index < -0.39 is 5.82 Å². The molecule has 0 unspecified atom stereocenters. The zero-order valence-corrected chi connectivity index (χ0v) is 8.91. The van der Waals surface area contributed by atoms with Gasteiger partial charge < -0.3 is 0 Å². The lowest BCUT2D eigenvalue weighted by molar-refractivity contribution is 0.112. The van der Waals surface area contributed by atoms with Gasteiger partial charge in [0.2, 0.25) is 0 Å². The van der Waals surface area contributed by atoms with Gasteiger partial charge in [-0.2, -0.15) is 0 Å². The molecule has 0 N–H and O–H groups in total. The fourth-order valence-electron chi connectivity index (χ4n) is 1.39. The standard InChI is InChI=1S/C12H7ClFNO/c13-10-1-2-11(12(14)4-10)9-3-8(7-16)5-15-6-9/h1-7H. The zero-order chi connectivity index (χ0) is 11.5. The van der Waals surface area contributed by atoms with Crippen LogP contribution in [0.3, 0.4) is 0 Å². The van der Waals surface area contributed by atoms with Crippen LogP contribution in [0, 0.1) is 5.82 Å². The maximum Gasteiger partial charge on any atom is 0.151 e. The first-order valence-corrected chi connectivity index (χ1v) is 4.94. The molecule has 1 heterocycles. The van der Waals surface area contributed by atoms with Crippen LogP contribution in [-0.2, 0) is 0 Å². The first-order chi connectivity index (χ1) is 7.70. The summed E-state index contributed by atoms with van der Waals surface area (Å²) in [7, 11) is 0. The Morgan fingerprint density at radius 3 is 2.75 bits per heavy atom. The summed E-state index contributed by atoms with van der Waals surface area (Å²) >= 11 is 5.65. The molecule has 0 aliphatic rings. The Morgan fingerprint density at radius 1 is 1.25 bits per heavy atom. The fourth-order valence-corrected chi connectivity index (χ4v) is 1.55. The Morgan fingerprint density at radius 2 is 2.06 bits per heavy atom. The van der Waals surface area contributed by atoms with Crippen LogP contribution in [0.2, 0.25) is 5.02 Å². The van der Waals surface area contributed by atoms with Gasteiger partial charge in [0.05, 0.1) is 0 Å². The number of rotatable bonds is 2. The lowest BCUT2D eigenvalue weighted by Crippen LogP contribution is -1.88. The van der Waals surface area contributed by atoms with Crippen LogP contribution in [0.4, 0.5) is 4.39 Å². The maximum absolute atomic E-state index is 13.6. The first kappa shape index (κ1) is 10.8. The van der Waals surface area contributed by atoms with E-state index in [-0.39, 0.29) is 0 Å². The molecule has 80 valence electrons. The molecule has 4 heteroatoms. The van der Waals surface area contributed by atoms with Crippen LogP contribution in [0.5, 0.6) is 0 Å². The summed E-state index contributed by atoms with van der Waals surface area (Å²) < 4.78 is 13.6. The van der Waals surface area contributed by atoms with E-state index in [1.54, 1.807) is 18.2 Å². The summed E-state index contributed by atoms with van der Waals surface area (Å²) in [6.07, 6.45) is 3.59. The highest BCUT2D eigenvalue weighted by Crippen LogP contribution is 2.24. The van der Waals surface area contributed by atoms with E-state index >= 15 is 0 Å². The molecule has 1 aromatic heterocycles. The molecule has 1 aromatic carbocycles. The average Bonchev–Trinajstić information content (AvgIpc) is 2.29. The molecule has 0 aliphatic heterocycles. The second-order valence-electron chi connectivity index (χ2n) is 3.25. The fraction of sp³-hybridized carbons (Fsp3) is 0. The zero-order valence-electron chi connectivity index (χ0n) is 8.15. The van der Waals surface area contributed by atoms with Gasteiger partial charge in [-0.05, 0) is 24.3 Å². The van der Waals surface area contributed by atoms with Crippen LogP contribution in [-0.4, -0.2) is 11.3 Å². The summed E-state index contributed by atoms with van der Waals surface area (Å²) in [6.45, 7) is 0. The van der Waals surface area contributed by atoms with Crippen LogP contribution >= 0.6 is 11.6 Å². The highest BCUT2D eigenvalue weighted by atomic mass is 35.5. The summed E-state index contributed by atoms with van der Waals surface area (Å²) in [5.41, 5.74) is 1.34. The Kier molecular flexibility index (Phi) is 2.97. The number of carbonyl (C=O) groups is 1. The number of hydrogen-bond acceptors (Lipinski definition) is 2. The minimum Gasteiger partial charge on any atom is -0.298 e. The number of aldehydes is 1. The van der Waals surface area contributed by atoms with E-state index in [2.05, 4.69) is 4.98 Å². The highest BCUT2D eigenvalue weighted by Gasteiger charge is 2.06. The minimum atomic E-state index is -0.433. The van der Waals surface area contributed by atoms with Crippen molar-refractivity contribution >= 4 is 17.9 Å². The molecule has 2 aromatic rings. The van der Waals surface area contributed by atoms with Crippen LogP contribution in [0.15, 0.2) is 36.7 Å². The SMILES string of the molecule is O=Cc1cncc(-c2ccc(Cl)cc2F)c1. The van der Waals surface area contributed by atoms with Gasteiger partial charge in [-0.25, -0.2) is 4.39 Å². The third-order valence-corrected chi connectivity index (χ3v) is 2.37. The number of hydrogen-bond donors (Lipinski definition) is 0. The van der Waals surface area contributed by atoms with Gasteiger partial charge >= 0.3 is 0 Å². The van der Waals surface area contributed by atoms with E-state index in [9.17, 15) is 9.18 Å². The van der Waals surface area contributed by atoms with Crippen molar-refractivity contribution < 1.29 is 9.18 Å². The molecule has 16 heavy (non-hydrogen) atoms. The molecule has 2 nitrogen and oxygen atoms in total. The van der Waals surface area contributed by atoms with Crippen LogP contribution < -0.4 is 0 Å². The number of benzene rings is 1. The van der Waals surface area contributed by atoms with Crippen molar-refractivity contribution in [1.82, 2.24) is 4.98 Å². The van der Waals surface area contributed by atoms with E-state index in [1.807, 2.05) is 0 Å². The van der Waals surface area contributed by atoms with E-state index in [4.69, 9.17) is 11.6 Å². The molecule has 0 saturated carbocycles. The van der Waals surface area contributed by atoms with Gasteiger partial charge in [0.15, 0.2) is 6.29 Å². The van der Waals surface area contributed by atoms with Gasteiger partial charge in [-0.1, -0.05) is 11.6 Å². The van der Waals surface area contributed by atoms with Crippen molar-refractivity contribution in [2.75, 3.05) is 0 Å². The predicted octanol–water partition coefficient (Wildman–Crippen LogP) is 3.35. The largest absolute Gasteiger partial charge is 0.298 e. The Labute approximate surface area is 96.7 Å². The van der Waals surface area contributed by atoms with Crippen LogP contribution in [0.25, 0.3) is 11.1 Å². The van der Waals surface area contributed by atoms with Gasteiger partial charge in [0.1, 0.15) is 5.82 Å². The summed E-state index contributed by atoms with van der Waals surface area (Å²) in [5, 5.41) is 0.334. The van der Waals surface area contributed by atoms with Gasteiger partial charge in [0, 0.05) is 34.1 Å². The smallest absolute Gasteiger partial charge is 0.151 e. The number of halogens is 2. The van der Waals surface area contributed by atoms with E-state index in [1.165, 1.54) is 18.5 Å². The molecule has 0 saturated heterocycles. The van der Waals surface area contributed by atoms with Crippen molar-refractivity contribution in [2.45, 2.75) is 0 Å². The van der Waals surface area contributed by atoms with Crippen LogP contribution in [0.1, 0.15) is 10.4 Å². The van der Waals surface area contributed by atoms with Crippen molar-refractivity contribution in [3.05, 3.63) is 53.1 Å². The normalized spacial score (nSPS) is 10.1. The molecule has 0 radical (unpaired) electrons. The van der Waals surface area contributed by atoms with Crippen molar-refractivity contribution in [1.29, 1.82) is 0 Å². The second kappa shape index (κ2) is 4.41. The minimum absolute atomic E-state index is 0.334. The quantitative estimate of drug-likeness (QED) is 0.747. The molecule has 0 amide bonds. The molecule has 0 atom stereocenters. The van der Waals surface area contributed by atoms with Gasteiger partial charge in [0.25, 0.3) is 0 Å². The molecule has 0 spiro atoms. The molecule has 0 bridgehead atoms. The lowest BCUT2D eigenvalue weighted by Gasteiger charge is -2.03. The van der Waals surface area contributed by atoms with Crippen molar-refractivity contribution in [2.24, 2.45) is 0 Å². The van der Waals surface area contributed by atoms with Crippen molar-refractivity contribution in [3.8, 4) is 11.1 Å². The Balaban J connectivity index is 2.53. The number of pyridine rings is 1. The summed E-state index contributed by atoms with van der Waals surface area (Å²) in [5.74, 6) is -0.433. The number of nitrogens with zero attached hydrogens (tertiary/aromatic N) is 1. The third-order valence-electron chi connectivity index (χ3n) is 2.14. The highest BCUT2D eigenvalue weighted by molar-refractivity contribution is 6.30. The predicted molar refractivity (Wildman–Crippen MR) is 60.0 cm³/mol. The topological polar surface area (TPSA) is 30.0 Å². The van der Waals surface area contributed by atoms with Crippen molar-refractivity contribution in [3.63, 3.8) is 0 Å².